The summed E-state index contributed by atoms with van der Waals surface area (Å²) in [5, 5.41) is 6.72. The number of anilines is 1. The number of carbonyl (C=O) groups is 2. The number of amides is 2. The zero-order valence-electron chi connectivity index (χ0n) is 16.5. The molecule has 0 aliphatic carbocycles. The molecule has 0 bridgehead atoms. The van der Waals surface area contributed by atoms with Gasteiger partial charge in [-0.3, -0.25) is 4.79 Å². The lowest BCUT2D eigenvalue weighted by Gasteiger charge is -2.22. The third kappa shape index (κ3) is 4.48. The van der Waals surface area contributed by atoms with Gasteiger partial charge in [-0.25, -0.2) is 4.79 Å². The number of benzene rings is 1. The summed E-state index contributed by atoms with van der Waals surface area (Å²) in [5.74, 6) is -2.03. The third-order valence-electron chi connectivity index (χ3n) is 5.17. The topological polar surface area (TPSA) is 80.1 Å². The van der Waals surface area contributed by atoms with Crippen LogP contribution in [-0.4, -0.2) is 39.8 Å². The van der Waals surface area contributed by atoms with Crippen LogP contribution in [0.2, 0.25) is 0 Å². The largest absolute Gasteiger partial charge is 0.342 e. The van der Waals surface area contributed by atoms with Crippen molar-refractivity contribution in [3.8, 4) is 0 Å². The second-order valence-corrected chi connectivity index (χ2v) is 8.18. The van der Waals surface area contributed by atoms with Crippen molar-refractivity contribution in [3.05, 3.63) is 75.8 Å². The second-order valence-electron chi connectivity index (χ2n) is 7.26. The highest BCUT2D eigenvalue weighted by Gasteiger charge is 2.30. The van der Waals surface area contributed by atoms with Crippen molar-refractivity contribution in [1.82, 2.24) is 20.1 Å². The molecule has 0 fully saturated rings. The molecule has 160 valence electrons. The lowest BCUT2D eigenvalue weighted by molar-refractivity contribution is -0.120. The van der Waals surface area contributed by atoms with Gasteiger partial charge in [-0.15, -0.1) is 0 Å². The molecule has 1 aliphatic rings. The highest BCUT2D eigenvalue weighted by molar-refractivity contribution is 9.10. The van der Waals surface area contributed by atoms with E-state index in [0.29, 0.717) is 18.4 Å². The van der Waals surface area contributed by atoms with Crippen molar-refractivity contribution < 1.29 is 18.4 Å². The molecule has 7 nitrogen and oxygen atoms in total. The van der Waals surface area contributed by atoms with Crippen molar-refractivity contribution in [2.45, 2.75) is 25.3 Å². The number of rotatable bonds is 3. The predicted molar refractivity (Wildman–Crippen MR) is 113 cm³/mol. The van der Waals surface area contributed by atoms with Crippen LogP contribution >= 0.6 is 15.9 Å². The standard InChI is InChI=1S/C21H18BrF2N5O2/c1-28-17-9-15(22)5-2-13(17)3-6-16(20(28)30)26-21(31)29-11-12(10-25-29)8-14-4-7-18(23)27-19(14)24/h2,4-5,7,9-11,16H,3,6,8H2,1H3,(H,26,31)/t16-/m1/s1. The van der Waals surface area contributed by atoms with Crippen LogP contribution in [0.5, 0.6) is 0 Å². The molecule has 1 N–H and O–H groups in total. The first kappa shape index (κ1) is 21.1. The molecule has 3 aromatic rings. The van der Waals surface area contributed by atoms with Crippen LogP contribution in [0, 0.1) is 11.9 Å². The fourth-order valence-electron chi connectivity index (χ4n) is 3.54. The van der Waals surface area contributed by atoms with Crippen molar-refractivity contribution in [2.24, 2.45) is 0 Å². The average molecular weight is 490 g/mol. The molecule has 4 rings (SSSR count). The number of nitrogens with one attached hydrogen (secondary N) is 1. The predicted octanol–water partition coefficient (Wildman–Crippen LogP) is 3.45. The Morgan fingerprint density at radius 2 is 2.10 bits per heavy atom. The number of carbonyl (C=O) groups excluding carboxylic acids is 2. The molecular weight excluding hydrogens is 472 g/mol. The van der Waals surface area contributed by atoms with E-state index in [2.05, 4.69) is 31.3 Å². The van der Waals surface area contributed by atoms with E-state index >= 15 is 0 Å². The summed E-state index contributed by atoms with van der Waals surface area (Å²) in [6, 6.07) is 6.83. The highest BCUT2D eigenvalue weighted by atomic mass is 79.9. The zero-order chi connectivity index (χ0) is 22.1. The summed E-state index contributed by atoms with van der Waals surface area (Å²) in [6.45, 7) is 0. The maximum Gasteiger partial charge on any atom is 0.342 e. The maximum atomic E-state index is 13.8. The molecular formula is C21H18BrF2N5O2. The molecule has 0 radical (unpaired) electrons. The average Bonchev–Trinajstić information content (AvgIpc) is 3.17. The molecule has 0 unspecified atom stereocenters. The molecule has 31 heavy (non-hydrogen) atoms. The Morgan fingerprint density at radius 3 is 2.87 bits per heavy atom. The highest BCUT2D eigenvalue weighted by Crippen LogP contribution is 2.29. The number of hydrogen-bond acceptors (Lipinski definition) is 4. The minimum atomic E-state index is -0.907. The molecule has 10 heteroatoms. The van der Waals surface area contributed by atoms with E-state index in [-0.39, 0.29) is 17.9 Å². The molecule has 0 spiro atoms. The van der Waals surface area contributed by atoms with E-state index in [4.69, 9.17) is 0 Å². The van der Waals surface area contributed by atoms with Crippen LogP contribution in [-0.2, 0) is 17.6 Å². The molecule has 0 saturated carbocycles. The van der Waals surface area contributed by atoms with Gasteiger partial charge in [0.1, 0.15) is 6.04 Å². The number of likely N-dealkylation sites (N-methyl/N-ethyl adjacent to an activating group) is 1. The maximum absolute atomic E-state index is 13.8. The number of aryl methyl sites for hydroxylation is 1. The van der Waals surface area contributed by atoms with Crippen molar-refractivity contribution in [2.75, 3.05) is 11.9 Å². The van der Waals surface area contributed by atoms with E-state index in [1.54, 1.807) is 7.05 Å². The Labute approximate surface area is 185 Å². The Balaban J connectivity index is 1.46. The summed E-state index contributed by atoms with van der Waals surface area (Å²) in [7, 11) is 1.68. The minimum absolute atomic E-state index is 0.0989. The van der Waals surface area contributed by atoms with Gasteiger partial charge >= 0.3 is 6.03 Å². The van der Waals surface area contributed by atoms with E-state index in [1.807, 2.05) is 18.2 Å². The molecule has 2 aromatic heterocycles. The number of fused-ring (bicyclic) bond motifs is 1. The summed E-state index contributed by atoms with van der Waals surface area (Å²) < 4.78 is 28.7. The molecule has 2 amide bonds. The number of pyridine rings is 1. The normalized spacial score (nSPS) is 16.1. The van der Waals surface area contributed by atoms with Gasteiger partial charge in [0.15, 0.2) is 0 Å². The monoisotopic (exact) mass is 489 g/mol. The number of nitrogens with zero attached hydrogens (tertiary/aromatic N) is 4. The van der Waals surface area contributed by atoms with Crippen molar-refractivity contribution >= 4 is 33.6 Å². The van der Waals surface area contributed by atoms with Gasteiger partial charge in [0.25, 0.3) is 0 Å². The van der Waals surface area contributed by atoms with Crippen LogP contribution in [0.25, 0.3) is 0 Å². The van der Waals surface area contributed by atoms with Crippen molar-refractivity contribution in [1.29, 1.82) is 0 Å². The van der Waals surface area contributed by atoms with Crippen LogP contribution in [0.4, 0.5) is 19.3 Å². The SMILES string of the molecule is CN1C(=O)[C@H](NC(=O)n2cc(Cc3ccc(F)nc3F)cn2)CCc2ccc(Br)cc21. The van der Waals surface area contributed by atoms with E-state index < -0.39 is 24.0 Å². The van der Waals surface area contributed by atoms with Crippen molar-refractivity contribution in [3.63, 3.8) is 0 Å². The van der Waals surface area contributed by atoms with Crippen LogP contribution < -0.4 is 10.2 Å². The first-order chi connectivity index (χ1) is 14.8. The second kappa shape index (κ2) is 8.54. The summed E-state index contributed by atoms with van der Waals surface area (Å²) in [4.78, 5) is 30.2. The lowest BCUT2D eigenvalue weighted by Crippen LogP contribution is -2.48. The van der Waals surface area contributed by atoms with Gasteiger partial charge in [0, 0.05) is 35.4 Å². The first-order valence-corrected chi connectivity index (χ1v) is 10.3. The lowest BCUT2D eigenvalue weighted by atomic mass is 10.1. The van der Waals surface area contributed by atoms with Gasteiger partial charge in [0.05, 0.1) is 6.20 Å². The molecule has 0 saturated heterocycles. The zero-order valence-corrected chi connectivity index (χ0v) is 18.1. The molecule has 1 aromatic carbocycles. The molecule has 1 aliphatic heterocycles. The van der Waals surface area contributed by atoms with Crippen LogP contribution in [0.1, 0.15) is 23.1 Å². The van der Waals surface area contributed by atoms with Crippen LogP contribution in [0.15, 0.2) is 47.2 Å². The van der Waals surface area contributed by atoms with Crippen LogP contribution in [0.3, 0.4) is 0 Å². The number of hydrogen-bond donors (Lipinski definition) is 1. The fraction of sp³-hybridized carbons (Fsp3) is 0.238. The van der Waals surface area contributed by atoms with E-state index in [9.17, 15) is 18.4 Å². The number of halogens is 3. The Bertz CT molecular complexity index is 1170. The summed E-state index contributed by atoms with van der Waals surface area (Å²) >= 11 is 3.42. The Kier molecular flexibility index (Phi) is 5.81. The Hall–Kier alpha value is -3.14. The molecule has 3 heterocycles. The fourth-order valence-corrected chi connectivity index (χ4v) is 3.89. The van der Waals surface area contributed by atoms with Gasteiger partial charge in [0.2, 0.25) is 17.8 Å². The molecule has 1 atom stereocenters. The third-order valence-corrected chi connectivity index (χ3v) is 5.66. The summed E-state index contributed by atoms with van der Waals surface area (Å²) in [6.07, 6.45) is 4.03. The van der Waals surface area contributed by atoms with Gasteiger partial charge in [-0.2, -0.15) is 23.5 Å². The van der Waals surface area contributed by atoms with Gasteiger partial charge in [-0.1, -0.05) is 22.0 Å². The quantitative estimate of drug-likeness (QED) is 0.571. The van der Waals surface area contributed by atoms with E-state index in [1.165, 1.54) is 23.4 Å². The van der Waals surface area contributed by atoms with E-state index in [0.717, 1.165) is 26.5 Å². The smallest absolute Gasteiger partial charge is 0.324 e. The van der Waals surface area contributed by atoms with Gasteiger partial charge < -0.3 is 10.2 Å². The Morgan fingerprint density at radius 1 is 1.29 bits per heavy atom. The minimum Gasteiger partial charge on any atom is -0.324 e. The number of aromatic nitrogens is 3. The first-order valence-electron chi connectivity index (χ1n) is 9.53. The summed E-state index contributed by atoms with van der Waals surface area (Å²) in [5.41, 5.74) is 2.55. The van der Waals surface area contributed by atoms with Gasteiger partial charge in [-0.05, 0) is 48.2 Å².